The van der Waals surface area contributed by atoms with Gasteiger partial charge in [0.05, 0.1) is 12.1 Å². The highest BCUT2D eigenvalue weighted by Crippen LogP contribution is 2.30. The average Bonchev–Trinajstić information content (AvgIpc) is 2.43. The van der Waals surface area contributed by atoms with Crippen molar-refractivity contribution in [2.45, 2.75) is 25.3 Å². The van der Waals surface area contributed by atoms with E-state index in [-0.39, 0.29) is 6.47 Å². The normalized spacial score (nSPS) is 43.0. The second kappa shape index (κ2) is 2.33. The molecule has 4 nitrogen and oxygen atoms in total. The molecule has 3 atom stereocenters. The first-order valence-corrected chi connectivity index (χ1v) is 2.79. The van der Waals surface area contributed by atoms with E-state index in [4.69, 9.17) is 14.6 Å². The summed E-state index contributed by atoms with van der Waals surface area (Å²) in [7, 11) is 0. The van der Waals surface area contributed by atoms with Crippen LogP contribution in [0.1, 0.15) is 6.92 Å². The summed E-state index contributed by atoms with van der Waals surface area (Å²) in [4.78, 5) is 8.36. The molecule has 3 unspecified atom stereocenters. The van der Waals surface area contributed by atoms with E-state index in [0.717, 1.165) is 6.04 Å². The molecule has 0 radical (unpaired) electrons. The number of hydrogen-bond donors (Lipinski definition) is 2. The fraction of sp³-hybridized carbons (Fsp3) is 0.800. The summed E-state index contributed by atoms with van der Waals surface area (Å²) < 4.78 is 5.10. The van der Waals surface area contributed by atoms with Crippen LogP contribution in [0.2, 0.25) is 0 Å². The van der Waals surface area contributed by atoms with Gasteiger partial charge in [-0.2, -0.15) is 0 Å². The third-order valence-corrected chi connectivity index (χ3v) is 1.44. The SMILES string of the molecule is CC1OC2NC12.O=CO. The summed E-state index contributed by atoms with van der Waals surface area (Å²) in [6.45, 7) is 1.83. The lowest BCUT2D eigenvalue weighted by atomic mass is 10.2. The number of ether oxygens (including phenoxy) is 1. The smallest absolute Gasteiger partial charge is 0.290 e. The quantitative estimate of drug-likeness (QED) is 0.340. The molecule has 0 aromatic heterocycles. The first-order valence-electron chi connectivity index (χ1n) is 2.79. The Kier molecular flexibility index (Phi) is 1.68. The Balaban J connectivity index is 0.000000120. The highest BCUT2D eigenvalue weighted by Gasteiger charge is 2.52. The minimum absolute atomic E-state index is 0.250. The third-order valence-electron chi connectivity index (χ3n) is 1.44. The Morgan fingerprint density at radius 1 is 1.78 bits per heavy atom. The van der Waals surface area contributed by atoms with Crippen LogP contribution in [0.3, 0.4) is 0 Å². The van der Waals surface area contributed by atoms with Crippen LogP contribution < -0.4 is 5.32 Å². The van der Waals surface area contributed by atoms with Gasteiger partial charge in [-0.25, -0.2) is 0 Å². The molecule has 2 saturated heterocycles. The molecule has 52 valence electrons. The monoisotopic (exact) mass is 131 g/mol. The fourth-order valence-corrected chi connectivity index (χ4v) is 0.866. The first kappa shape index (κ1) is 6.51. The molecule has 0 bridgehead atoms. The van der Waals surface area contributed by atoms with Crippen molar-refractivity contribution < 1.29 is 14.6 Å². The lowest BCUT2D eigenvalue weighted by molar-refractivity contribution is -0.122. The average molecular weight is 131 g/mol. The predicted molar refractivity (Wildman–Crippen MR) is 30.0 cm³/mol. The van der Waals surface area contributed by atoms with Crippen LogP contribution in [-0.4, -0.2) is 30.0 Å². The number of carbonyl (C=O) groups is 1. The van der Waals surface area contributed by atoms with E-state index in [9.17, 15) is 0 Å². The molecule has 2 aliphatic rings. The van der Waals surface area contributed by atoms with Crippen LogP contribution in [0, 0.1) is 0 Å². The van der Waals surface area contributed by atoms with E-state index in [1.54, 1.807) is 0 Å². The minimum atomic E-state index is -0.250. The lowest BCUT2D eigenvalue weighted by Crippen LogP contribution is -2.29. The van der Waals surface area contributed by atoms with E-state index in [2.05, 4.69) is 12.2 Å². The maximum Gasteiger partial charge on any atom is 0.290 e. The molecule has 0 aromatic rings. The zero-order chi connectivity index (χ0) is 6.85. The molecule has 0 spiro atoms. The van der Waals surface area contributed by atoms with Crippen molar-refractivity contribution in [3.63, 3.8) is 0 Å². The predicted octanol–water partition coefficient (Wildman–Crippen LogP) is -0.596. The summed E-state index contributed by atoms with van der Waals surface area (Å²) >= 11 is 0. The number of rotatable bonds is 0. The van der Waals surface area contributed by atoms with Crippen LogP contribution in [0.25, 0.3) is 0 Å². The van der Waals surface area contributed by atoms with Crippen molar-refractivity contribution in [2.75, 3.05) is 0 Å². The van der Waals surface area contributed by atoms with Crippen molar-refractivity contribution in [3.05, 3.63) is 0 Å². The zero-order valence-corrected chi connectivity index (χ0v) is 5.07. The number of nitrogens with one attached hydrogen (secondary N) is 1. The number of carboxylic acid groups (broad SMARTS) is 1. The van der Waals surface area contributed by atoms with Crippen LogP contribution in [0.5, 0.6) is 0 Å². The molecule has 2 rings (SSSR count). The van der Waals surface area contributed by atoms with E-state index in [0.29, 0.717) is 12.3 Å². The van der Waals surface area contributed by atoms with Crippen molar-refractivity contribution in [1.29, 1.82) is 0 Å². The van der Waals surface area contributed by atoms with Gasteiger partial charge < -0.3 is 9.84 Å². The Morgan fingerprint density at radius 2 is 2.33 bits per heavy atom. The minimum Gasteiger partial charge on any atom is -0.483 e. The largest absolute Gasteiger partial charge is 0.483 e. The molecule has 0 amide bonds. The maximum absolute atomic E-state index is 8.36. The van der Waals surface area contributed by atoms with Gasteiger partial charge in [-0.05, 0) is 6.92 Å². The molecule has 9 heavy (non-hydrogen) atoms. The number of hydrogen-bond acceptors (Lipinski definition) is 3. The molecule has 0 aromatic carbocycles. The molecule has 4 heteroatoms. The second-order valence-electron chi connectivity index (χ2n) is 2.06. The van der Waals surface area contributed by atoms with Gasteiger partial charge >= 0.3 is 0 Å². The molecule has 2 aliphatic heterocycles. The van der Waals surface area contributed by atoms with Crippen LogP contribution >= 0.6 is 0 Å². The van der Waals surface area contributed by atoms with Gasteiger partial charge in [0.25, 0.3) is 6.47 Å². The van der Waals surface area contributed by atoms with Crippen LogP contribution in [0.4, 0.5) is 0 Å². The first-order chi connectivity index (χ1) is 4.29. The van der Waals surface area contributed by atoms with Crippen molar-refractivity contribution in [3.8, 4) is 0 Å². The summed E-state index contributed by atoms with van der Waals surface area (Å²) in [6, 6.07) is 0.727. The molecule has 2 heterocycles. The topological polar surface area (TPSA) is 68.5 Å². The lowest BCUT2D eigenvalue weighted by Gasteiger charge is -2.16. The maximum atomic E-state index is 8.36. The van der Waals surface area contributed by atoms with E-state index in [1.165, 1.54) is 0 Å². The van der Waals surface area contributed by atoms with Gasteiger partial charge in [-0.1, -0.05) is 0 Å². The fourth-order valence-electron chi connectivity index (χ4n) is 0.866. The van der Waals surface area contributed by atoms with Crippen molar-refractivity contribution in [1.82, 2.24) is 5.32 Å². The summed E-state index contributed by atoms with van der Waals surface area (Å²) in [5, 5.41) is 10.0. The van der Waals surface area contributed by atoms with Crippen molar-refractivity contribution in [2.24, 2.45) is 0 Å². The summed E-state index contributed by atoms with van der Waals surface area (Å²) in [5.41, 5.74) is 0. The van der Waals surface area contributed by atoms with Gasteiger partial charge in [0.15, 0.2) is 0 Å². The zero-order valence-electron chi connectivity index (χ0n) is 5.07. The second-order valence-corrected chi connectivity index (χ2v) is 2.06. The summed E-state index contributed by atoms with van der Waals surface area (Å²) in [5.74, 6) is 0. The highest BCUT2D eigenvalue weighted by molar-refractivity contribution is 5.32. The van der Waals surface area contributed by atoms with Gasteiger partial charge in [0.1, 0.15) is 6.23 Å². The molecule has 2 fully saturated rings. The Bertz CT molecular complexity index is 117. The van der Waals surface area contributed by atoms with Gasteiger partial charge in [0.2, 0.25) is 0 Å². The molecule has 0 aliphatic carbocycles. The molecule has 2 N–H and O–H groups in total. The molecular weight excluding hydrogens is 122 g/mol. The Labute approximate surface area is 52.8 Å². The summed E-state index contributed by atoms with van der Waals surface area (Å²) in [6.07, 6.45) is 0.954. The van der Waals surface area contributed by atoms with Crippen LogP contribution in [-0.2, 0) is 9.53 Å². The third kappa shape index (κ3) is 1.20. The Hall–Kier alpha value is -0.610. The van der Waals surface area contributed by atoms with Crippen LogP contribution in [0.15, 0.2) is 0 Å². The standard InChI is InChI=1S/C4H7NO.CH2O2/c1-2-3-4(5-3)6-2;2-1-3/h2-5H,1H3;1H,(H,2,3). The number of fused-ring (bicyclic) bond motifs is 1. The Morgan fingerprint density at radius 3 is 2.33 bits per heavy atom. The molecule has 0 saturated carbocycles. The van der Waals surface area contributed by atoms with E-state index >= 15 is 0 Å². The van der Waals surface area contributed by atoms with Gasteiger partial charge in [-0.3, -0.25) is 10.1 Å². The van der Waals surface area contributed by atoms with E-state index < -0.39 is 0 Å². The van der Waals surface area contributed by atoms with Gasteiger partial charge in [-0.15, -0.1) is 0 Å². The van der Waals surface area contributed by atoms with Crippen molar-refractivity contribution >= 4 is 6.47 Å². The van der Waals surface area contributed by atoms with E-state index in [1.807, 2.05) is 0 Å². The highest BCUT2D eigenvalue weighted by atomic mass is 16.6. The van der Waals surface area contributed by atoms with Gasteiger partial charge in [0, 0.05) is 0 Å². The molecular formula is C5H9NO3.